The Morgan fingerprint density at radius 2 is 1.30 bits per heavy atom. The van der Waals surface area contributed by atoms with E-state index in [2.05, 4.69) is 15.4 Å². The molecule has 9 nitrogen and oxygen atoms in total. The van der Waals surface area contributed by atoms with Crippen LogP contribution in [0.15, 0.2) is 91.0 Å². The number of hydrogen-bond acceptors (Lipinski definition) is 7. The van der Waals surface area contributed by atoms with Crippen molar-refractivity contribution < 1.29 is 33.4 Å². The van der Waals surface area contributed by atoms with Gasteiger partial charge in [-0.25, -0.2) is 4.79 Å². The van der Waals surface area contributed by atoms with E-state index < -0.39 is 24.5 Å². The van der Waals surface area contributed by atoms with Crippen molar-refractivity contribution in [3.63, 3.8) is 0 Å². The van der Waals surface area contributed by atoms with Crippen LogP contribution in [0.3, 0.4) is 0 Å². The molecule has 0 atom stereocenters. The molecule has 204 valence electrons. The molecule has 40 heavy (non-hydrogen) atoms. The second-order valence-electron chi connectivity index (χ2n) is 8.81. The zero-order valence-electron chi connectivity index (χ0n) is 21.8. The highest BCUT2D eigenvalue weighted by molar-refractivity contribution is 5.94. The van der Waals surface area contributed by atoms with Gasteiger partial charge in [-0.1, -0.05) is 30.3 Å². The lowest BCUT2D eigenvalue weighted by molar-refractivity contribution is -0.147. The van der Waals surface area contributed by atoms with Gasteiger partial charge in [-0.15, -0.1) is 0 Å². The highest BCUT2D eigenvalue weighted by atomic mass is 16.5. The van der Waals surface area contributed by atoms with Crippen molar-refractivity contribution in [2.45, 2.75) is 19.3 Å². The maximum absolute atomic E-state index is 12.3. The zero-order valence-corrected chi connectivity index (χ0v) is 21.8. The van der Waals surface area contributed by atoms with Crippen molar-refractivity contribution in [2.24, 2.45) is 0 Å². The van der Waals surface area contributed by atoms with Gasteiger partial charge in [0.05, 0.1) is 12.7 Å². The van der Waals surface area contributed by atoms with E-state index in [1.807, 2.05) is 42.5 Å². The smallest absolute Gasteiger partial charge is 0.337 e. The summed E-state index contributed by atoms with van der Waals surface area (Å²) in [5.74, 6) is -0.485. The molecule has 2 amide bonds. The normalized spacial score (nSPS) is 10.4. The minimum atomic E-state index is -0.584. The Labute approximate surface area is 231 Å². The van der Waals surface area contributed by atoms with E-state index in [0.29, 0.717) is 28.4 Å². The highest BCUT2D eigenvalue weighted by Crippen LogP contribution is 2.26. The first kappa shape index (κ1) is 27.8. The number of ether oxygens (including phenoxy) is 3. The number of amides is 2. The van der Waals surface area contributed by atoms with Crippen LogP contribution in [0.4, 0.5) is 11.4 Å². The molecule has 0 aliphatic rings. The average molecular weight is 541 g/mol. The molecule has 0 radical (unpaired) electrons. The summed E-state index contributed by atoms with van der Waals surface area (Å²) in [5, 5.41) is 7.56. The van der Waals surface area contributed by atoms with E-state index in [1.165, 1.54) is 31.4 Å². The van der Waals surface area contributed by atoms with Gasteiger partial charge < -0.3 is 24.8 Å². The average Bonchev–Trinajstić information content (AvgIpc) is 2.97. The number of fused-ring (bicyclic) bond motifs is 1. The molecule has 0 unspecified atom stereocenters. The molecule has 4 aromatic carbocycles. The van der Waals surface area contributed by atoms with Gasteiger partial charge in [0.1, 0.15) is 11.5 Å². The van der Waals surface area contributed by atoms with Crippen LogP contribution in [0, 0.1) is 0 Å². The number of carbonyl (C=O) groups excluding carboxylic acids is 4. The Morgan fingerprint density at radius 1 is 0.675 bits per heavy atom. The maximum Gasteiger partial charge on any atom is 0.337 e. The Bertz CT molecular complexity index is 1500. The molecule has 0 saturated carbocycles. The molecule has 2 N–H and O–H groups in total. The fourth-order valence-electron chi connectivity index (χ4n) is 3.81. The van der Waals surface area contributed by atoms with Gasteiger partial charge in [0.15, 0.2) is 6.61 Å². The van der Waals surface area contributed by atoms with Crippen molar-refractivity contribution in [1.82, 2.24) is 0 Å². The van der Waals surface area contributed by atoms with E-state index in [-0.39, 0.29) is 25.2 Å². The van der Waals surface area contributed by atoms with Crippen LogP contribution in [0.5, 0.6) is 11.5 Å². The monoisotopic (exact) mass is 540 g/mol. The van der Waals surface area contributed by atoms with Gasteiger partial charge in [-0.2, -0.15) is 0 Å². The molecule has 0 aliphatic heterocycles. The molecule has 4 aromatic rings. The van der Waals surface area contributed by atoms with Crippen molar-refractivity contribution in [3.05, 3.63) is 96.6 Å². The molecule has 0 saturated heterocycles. The Morgan fingerprint density at radius 3 is 2.00 bits per heavy atom. The number of esters is 2. The lowest BCUT2D eigenvalue weighted by atomic mass is 10.1. The van der Waals surface area contributed by atoms with Gasteiger partial charge in [0.25, 0.3) is 5.91 Å². The summed E-state index contributed by atoms with van der Waals surface area (Å²) in [7, 11) is 1.28. The fraction of sp³-hybridized carbons (Fsp3) is 0.161. The minimum absolute atomic E-state index is 0.00688. The lowest BCUT2D eigenvalue weighted by Crippen LogP contribution is -2.21. The minimum Gasteiger partial charge on any atom is -0.465 e. The second-order valence-corrected chi connectivity index (χ2v) is 8.81. The van der Waals surface area contributed by atoms with Crippen LogP contribution in [0.1, 0.15) is 29.6 Å². The summed E-state index contributed by atoms with van der Waals surface area (Å²) in [5.41, 5.74) is 1.40. The van der Waals surface area contributed by atoms with E-state index >= 15 is 0 Å². The molecule has 4 rings (SSSR count). The molecule has 0 heterocycles. The largest absolute Gasteiger partial charge is 0.465 e. The third-order valence-corrected chi connectivity index (χ3v) is 5.83. The number of nitrogens with one attached hydrogen (secondary N) is 2. The van der Waals surface area contributed by atoms with Crippen LogP contribution in [0.25, 0.3) is 10.8 Å². The van der Waals surface area contributed by atoms with Crippen LogP contribution >= 0.6 is 0 Å². The molecule has 0 aliphatic carbocycles. The van der Waals surface area contributed by atoms with Gasteiger partial charge in [-0.05, 0) is 77.9 Å². The quantitative estimate of drug-likeness (QED) is 0.234. The second kappa shape index (κ2) is 13.6. The SMILES string of the molecule is COC(=O)c1ccc(NC(=O)COC(=O)CCCC(=O)Nc2ccc(Oc3ccc4ccccc4c3)cc2)cc1. The summed E-state index contributed by atoms with van der Waals surface area (Å²) in [6, 6.07) is 27.0. The number of carbonyl (C=O) groups is 4. The van der Waals surface area contributed by atoms with Gasteiger partial charge in [-0.3, -0.25) is 14.4 Å². The molecule has 9 heteroatoms. The zero-order chi connectivity index (χ0) is 28.3. The predicted molar refractivity (Wildman–Crippen MR) is 150 cm³/mol. The third-order valence-electron chi connectivity index (χ3n) is 5.83. The molecular weight excluding hydrogens is 512 g/mol. The fourth-order valence-corrected chi connectivity index (χ4v) is 3.81. The Balaban J connectivity index is 1.13. The van der Waals surface area contributed by atoms with Gasteiger partial charge >= 0.3 is 11.9 Å². The van der Waals surface area contributed by atoms with E-state index in [0.717, 1.165) is 10.8 Å². The van der Waals surface area contributed by atoms with Gasteiger partial charge in [0, 0.05) is 24.2 Å². The number of benzene rings is 4. The van der Waals surface area contributed by atoms with Crippen molar-refractivity contribution in [1.29, 1.82) is 0 Å². The number of hydrogen-bond donors (Lipinski definition) is 2. The molecule has 0 aromatic heterocycles. The standard InChI is InChI=1S/C31H28N2O7/c1-38-31(37)22-9-12-24(13-10-22)33-29(35)20-39-30(36)8-4-7-28(34)32-25-14-17-26(18-15-25)40-27-16-11-21-5-2-3-6-23(21)19-27/h2-3,5-6,9-19H,4,7-8,20H2,1H3,(H,32,34)(H,33,35). The van der Waals surface area contributed by atoms with E-state index in [9.17, 15) is 19.2 Å². The van der Waals surface area contributed by atoms with Crippen LogP contribution in [-0.4, -0.2) is 37.5 Å². The maximum atomic E-state index is 12.3. The van der Waals surface area contributed by atoms with Crippen molar-refractivity contribution >= 4 is 45.9 Å². The highest BCUT2D eigenvalue weighted by Gasteiger charge is 2.11. The van der Waals surface area contributed by atoms with Crippen LogP contribution in [-0.2, 0) is 23.9 Å². The molecule has 0 bridgehead atoms. The van der Waals surface area contributed by atoms with Crippen LogP contribution in [0.2, 0.25) is 0 Å². The lowest BCUT2D eigenvalue weighted by Gasteiger charge is -2.09. The summed E-state index contributed by atoms with van der Waals surface area (Å²) in [6.07, 6.45) is 0.376. The molecular formula is C31H28N2O7. The summed E-state index contributed by atoms with van der Waals surface area (Å²) in [6.45, 7) is -0.461. The molecule has 0 fully saturated rings. The summed E-state index contributed by atoms with van der Waals surface area (Å²) in [4.78, 5) is 47.7. The number of methoxy groups -OCH3 is 1. The Hall–Kier alpha value is -5.18. The van der Waals surface area contributed by atoms with Gasteiger partial charge in [0.2, 0.25) is 5.91 Å². The first-order valence-electron chi connectivity index (χ1n) is 12.6. The number of rotatable bonds is 11. The van der Waals surface area contributed by atoms with E-state index in [1.54, 1.807) is 24.3 Å². The third kappa shape index (κ3) is 8.16. The van der Waals surface area contributed by atoms with Crippen LogP contribution < -0.4 is 15.4 Å². The van der Waals surface area contributed by atoms with E-state index in [4.69, 9.17) is 9.47 Å². The summed E-state index contributed by atoms with van der Waals surface area (Å²) >= 11 is 0. The summed E-state index contributed by atoms with van der Waals surface area (Å²) < 4.78 is 15.5. The Kier molecular flexibility index (Phi) is 9.44. The number of anilines is 2. The first-order valence-corrected chi connectivity index (χ1v) is 12.6. The molecule has 0 spiro atoms. The predicted octanol–water partition coefficient (Wildman–Crippen LogP) is 5.71. The van der Waals surface area contributed by atoms with Crippen molar-refractivity contribution in [2.75, 3.05) is 24.4 Å². The topological polar surface area (TPSA) is 120 Å². The van der Waals surface area contributed by atoms with Crippen molar-refractivity contribution in [3.8, 4) is 11.5 Å². The first-order chi connectivity index (χ1) is 19.4.